The molecule has 1 saturated heterocycles. The normalized spacial score (nSPS) is 23.3. The first-order valence-corrected chi connectivity index (χ1v) is 13.2. The molecule has 212 valence electrons. The van der Waals surface area contributed by atoms with Gasteiger partial charge in [-0.1, -0.05) is 6.92 Å². The molecule has 2 bridgehead atoms. The molecule has 0 radical (unpaired) electrons. The van der Waals surface area contributed by atoms with E-state index in [0.717, 1.165) is 42.9 Å². The zero-order valence-corrected chi connectivity index (χ0v) is 22.1. The summed E-state index contributed by atoms with van der Waals surface area (Å²) in [5.74, 6) is -2.13. The summed E-state index contributed by atoms with van der Waals surface area (Å²) in [5, 5.41) is 34.3. The average molecular weight is 555 g/mol. The second kappa shape index (κ2) is 11.1. The number of ether oxygens (including phenoxy) is 1. The van der Waals surface area contributed by atoms with Gasteiger partial charge in [0.2, 0.25) is 5.76 Å². The van der Waals surface area contributed by atoms with Crippen molar-refractivity contribution in [2.45, 2.75) is 70.2 Å². The van der Waals surface area contributed by atoms with Crippen molar-refractivity contribution >= 4 is 23.3 Å². The number of aliphatic hydroxyl groups is 3. The van der Waals surface area contributed by atoms with Crippen LogP contribution in [-0.4, -0.2) is 71.6 Å². The lowest BCUT2D eigenvalue weighted by molar-refractivity contribution is -0.146. The number of fused-ring (bicyclic) bond motifs is 5. The van der Waals surface area contributed by atoms with Crippen molar-refractivity contribution in [2.75, 3.05) is 11.4 Å². The molecule has 0 aliphatic carbocycles. The zero-order chi connectivity index (χ0) is 28.6. The van der Waals surface area contributed by atoms with Gasteiger partial charge in [0.05, 0.1) is 24.5 Å². The topological polar surface area (TPSA) is 162 Å². The Bertz CT molecular complexity index is 1470. The summed E-state index contributed by atoms with van der Waals surface area (Å²) < 4.78 is 20.1. The van der Waals surface area contributed by atoms with E-state index in [4.69, 9.17) is 15.2 Å². The average Bonchev–Trinajstić information content (AvgIpc) is 3.66. The lowest BCUT2D eigenvalue weighted by Gasteiger charge is -2.27. The van der Waals surface area contributed by atoms with E-state index in [1.165, 1.54) is 6.20 Å². The van der Waals surface area contributed by atoms with E-state index < -0.39 is 29.7 Å². The minimum atomic E-state index is -1.11. The monoisotopic (exact) mass is 554 g/mol. The van der Waals surface area contributed by atoms with Crippen LogP contribution in [0.3, 0.4) is 0 Å². The van der Waals surface area contributed by atoms with Crippen molar-refractivity contribution in [2.24, 2.45) is 0 Å². The zero-order valence-electron chi connectivity index (χ0n) is 22.1. The molecule has 0 saturated carbocycles. The number of aromatic nitrogens is 4. The van der Waals surface area contributed by atoms with Gasteiger partial charge in [0, 0.05) is 24.5 Å². The van der Waals surface area contributed by atoms with Crippen LogP contribution in [0.4, 0.5) is 10.2 Å². The Morgan fingerprint density at radius 1 is 1.25 bits per heavy atom. The summed E-state index contributed by atoms with van der Waals surface area (Å²) in [6, 6.07) is 3.48. The third-order valence-electron chi connectivity index (χ3n) is 7.37. The predicted octanol–water partition coefficient (Wildman–Crippen LogP) is 2.68. The molecule has 3 aliphatic rings. The minimum Gasteiger partial charge on any atom is -0.505 e. The van der Waals surface area contributed by atoms with Crippen molar-refractivity contribution in [3.05, 3.63) is 64.9 Å². The smallest absolute Gasteiger partial charge is 0.377 e. The van der Waals surface area contributed by atoms with Gasteiger partial charge in [0.25, 0.3) is 5.91 Å². The maximum atomic E-state index is 14.1. The lowest BCUT2D eigenvalue weighted by Crippen LogP contribution is -2.33. The van der Waals surface area contributed by atoms with Crippen LogP contribution in [0.25, 0.3) is 5.65 Å². The fraction of sp³-hybridized carbons (Fsp3) is 0.444. The number of cyclic esters (lactones) is 1. The number of hydrogen-bond acceptors (Lipinski definition) is 10. The lowest BCUT2D eigenvalue weighted by atomic mass is 9.98. The number of rotatable bonds is 2. The number of halogens is 1. The van der Waals surface area contributed by atoms with Crippen molar-refractivity contribution in [3.8, 4) is 0 Å². The quantitative estimate of drug-likeness (QED) is 0.347. The number of hydrogen-bond donors (Lipinski definition) is 4. The number of anilines is 1. The number of amides is 1. The van der Waals surface area contributed by atoms with Crippen LogP contribution in [0.5, 0.6) is 0 Å². The van der Waals surface area contributed by atoms with Crippen molar-refractivity contribution in [1.29, 1.82) is 0 Å². The van der Waals surface area contributed by atoms with Crippen molar-refractivity contribution in [1.82, 2.24) is 24.9 Å². The third kappa shape index (κ3) is 5.16. The van der Waals surface area contributed by atoms with Gasteiger partial charge in [-0.2, -0.15) is 5.10 Å². The molecule has 4 N–H and O–H groups in total. The molecule has 12 nitrogen and oxygen atoms in total. The second-order valence-electron chi connectivity index (χ2n) is 10.1. The Kier molecular flexibility index (Phi) is 7.57. The molecule has 1 fully saturated rings. The molecule has 6 heterocycles. The maximum absolute atomic E-state index is 14.1. The van der Waals surface area contributed by atoms with Gasteiger partial charge in [-0.15, -0.1) is 0 Å². The van der Waals surface area contributed by atoms with Gasteiger partial charge >= 0.3 is 5.97 Å². The van der Waals surface area contributed by atoms with Gasteiger partial charge in [-0.05, 0) is 56.7 Å². The Hall–Kier alpha value is -4.26. The maximum Gasteiger partial charge on any atom is 0.377 e. The summed E-state index contributed by atoms with van der Waals surface area (Å²) in [7, 11) is 0. The highest BCUT2D eigenvalue weighted by Gasteiger charge is 2.38. The fourth-order valence-electron chi connectivity index (χ4n) is 5.19. The number of carbonyl (C=O) groups is 2. The van der Waals surface area contributed by atoms with Crippen LogP contribution < -0.4 is 10.2 Å². The van der Waals surface area contributed by atoms with Crippen LogP contribution >= 0.6 is 0 Å². The Morgan fingerprint density at radius 3 is 2.77 bits per heavy atom. The van der Waals surface area contributed by atoms with E-state index in [1.807, 2.05) is 19.2 Å². The van der Waals surface area contributed by atoms with Crippen molar-refractivity contribution in [3.63, 3.8) is 0 Å². The van der Waals surface area contributed by atoms with E-state index in [0.29, 0.717) is 24.1 Å². The predicted molar refractivity (Wildman–Crippen MR) is 140 cm³/mol. The molecule has 1 amide bonds. The van der Waals surface area contributed by atoms with E-state index in [1.54, 1.807) is 23.7 Å². The number of aliphatic hydroxyl groups excluding tert-OH is 3. The molecule has 3 aromatic heterocycles. The molecule has 3 aromatic rings. The standard InChI is InChI=1S/C20H21FN6O.C7H10O5/c1-12-4-5-16-14(9-13(21)10-22-16)17-3-2-7-26(17)18-6-8-27-19(25-18)15(11-23-27)20(28)24-12;1-2-3(8)6-4(9)5(10)7(11)12-6/h6,8-12,17H,2-5,7H2,1H3,(H,24,28);3,6,8-10H,2H2,1H3/t12-,17-;3-,6+/m10/s1. The first kappa shape index (κ1) is 27.3. The molecular weight excluding hydrogens is 523 g/mol. The van der Waals surface area contributed by atoms with E-state index >= 15 is 0 Å². The number of aryl methyl sites for hydroxylation is 1. The number of pyridine rings is 1. The number of carbonyl (C=O) groups excluding carboxylic acids is 2. The molecule has 0 aromatic carbocycles. The number of nitrogens with zero attached hydrogens (tertiary/aromatic N) is 5. The van der Waals surface area contributed by atoms with Crippen LogP contribution in [0, 0.1) is 5.82 Å². The highest BCUT2D eigenvalue weighted by molar-refractivity contribution is 5.99. The van der Waals surface area contributed by atoms with E-state index in [2.05, 4.69) is 25.0 Å². The van der Waals surface area contributed by atoms with Gasteiger partial charge in [0.15, 0.2) is 17.5 Å². The first-order valence-electron chi connectivity index (χ1n) is 13.2. The summed E-state index contributed by atoms with van der Waals surface area (Å²) in [6.45, 7) is 4.46. The van der Waals surface area contributed by atoms with Crippen LogP contribution in [0.1, 0.15) is 67.2 Å². The van der Waals surface area contributed by atoms with Crippen LogP contribution in [-0.2, 0) is 16.0 Å². The Labute approximate surface area is 229 Å². The van der Waals surface area contributed by atoms with Gasteiger partial charge in [0.1, 0.15) is 17.2 Å². The first-order chi connectivity index (χ1) is 19.2. The summed E-state index contributed by atoms with van der Waals surface area (Å²) in [5.41, 5.74) is 2.81. The molecule has 40 heavy (non-hydrogen) atoms. The highest BCUT2D eigenvalue weighted by atomic mass is 19.1. The third-order valence-corrected chi connectivity index (χ3v) is 7.37. The minimum absolute atomic E-state index is 0.0271. The summed E-state index contributed by atoms with van der Waals surface area (Å²) >= 11 is 0. The molecular formula is C27H31FN6O6. The second-order valence-corrected chi connectivity index (χ2v) is 10.1. The van der Waals surface area contributed by atoms with E-state index in [9.17, 15) is 19.1 Å². The number of nitrogens with one attached hydrogen (secondary N) is 1. The fourth-order valence-corrected chi connectivity index (χ4v) is 5.19. The largest absolute Gasteiger partial charge is 0.505 e. The molecule has 0 spiro atoms. The van der Waals surface area contributed by atoms with E-state index in [-0.39, 0.29) is 23.8 Å². The highest BCUT2D eigenvalue weighted by Crippen LogP contribution is 2.37. The van der Waals surface area contributed by atoms with Crippen LogP contribution in [0.2, 0.25) is 0 Å². The van der Waals surface area contributed by atoms with Crippen LogP contribution in [0.15, 0.2) is 42.2 Å². The SMILES string of the molecule is CC[C@H](O)[C@H]1OC(=O)C(O)=C1O.C[C@@H]1CCc2ncc(F)cc2[C@H]2CCCN2c2ccn3ncc(c3n2)C(=O)N1. The Balaban J connectivity index is 0.000000227. The van der Waals surface area contributed by atoms with Crippen molar-refractivity contribution < 1.29 is 34.0 Å². The molecule has 3 aliphatic heterocycles. The number of esters is 1. The molecule has 4 atom stereocenters. The van der Waals surface area contributed by atoms with Gasteiger partial charge in [-0.3, -0.25) is 9.78 Å². The van der Waals surface area contributed by atoms with Gasteiger partial charge < -0.3 is 30.3 Å². The summed E-state index contributed by atoms with van der Waals surface area (Å²) in [6.07, 6.45) is 6.21. The molecule has 0 unspecified atom stereocenters. The molecule has 6 rings (SSSR count). The summed E-state index contributed by atoms with van der Waals surface area (Å²) in [4.78, 5) is 34.7. The Morgan fingerprint density at radius 2 is 2.05 bits per heavy atom. The van der Waals surface area contributed by atoms with Gasteiger partial charge in [-0.25, -0.2) is 18.7 Å². The molecule has 13 heteroatoms.